The first-order valence-corrected chi connectivity index (χ1v) is 4.66. The molecule has 1 aliphatic carbocycles. The second-order valence-electron chi connectivity index (χ2n) is 3.58. The van der Waals surface area contributed by atoms with Crippen molar-refractivity contribution in [3.8, 4) is 0 Å². The molecule has 13 heavy (non-hydrogen) atoms. The Morgan fingerprint density at radius 1 is 1.54 bits per heavy atom. The first-order valence-electron chi connectivity index (χ1n) is 4.28. The standard InChI is InChI=1S/C9H10ClNO2/c1-4(12)9(10)7-2-5-6(11-7)3-8(5)13/h5-6,11H,2-3H2,1H3. The Labute approximate surface area is 81.1 Å². The minimum absolute atomic E-state index is 0.0723. The van der Waals surface area contributed by atoms with Gasteiger partial charge in [-0.2, -0.15) is 0 Å². The van der Waals surface area contributed by atoms with Crippen LogP contribution in [0.2, 0.25) is 0 Å². The van der Waals surface area contributed by atoms with Gasteiger partial charge in [-0.1, -0.05) is 11.6 Å². The Hall–Kier alpha value is -0.830. The van der Waals surface area contributed by atoms with Crippen LogP contribution in [-0.4, -0.2) is 17.6 Å². The first kappa shape index (κ1) is 8.75. The van der Waals surface area contributed by atoms with E-state index in [1.807, 2.05) is 0 Å². The minimum atomic E-state index is -0.141. The van der Waals surface area contributed by atoms with Gasteiger partial charge in [0, 0.05) is 37.4 Å². The molecule has 1 saturated heterocycles. The van der Waals surface area contributed by atoms with Gasteiger partial charge in [0.2, 0.25) is 0 Å². The van der Waals surface area contributed by atoms with Crippen LogP contribution in [0.15, 0.2) is 10.7 Å². The fourth-order valence-corrected chi connectivity index (χ4v) is 1.98. The monoisotopic (exact) mass is 199 g/mol. The summed E-state index contributed by atoms with van der Waals surface area (Å²) in [6.07, 6.45) is 1.19. The van der Waals surface area contributed by atoms with E-state index in [0.717, 1.165) is 5.70 Å². The summed E-state index contributed by atoms with van der Waals surface area (Å²) in [5.74, 6) is 0.210. The zero-order valence-electron chi connectivity index (χ0n) is 7.26. The number of hydrogen-bond donors (Lipinski definition) is 1. The third-order valence-corrected chi connectivity index (χ3v) is 3.17. The van der Waals surface area contributed by atoms with Gasteiger partial charge >= 0.3 is 0 Å². The minimum Gasteiger partial charge on any atom is -0.383 e. The maximum absolute atomic E-state index is 11.1. The third-order valence-electron chi connectivity index (χ3n) is 2.68. The second kappa shape index (κ2) is 2.84. The van der Waals surface area contributed by atoms with Crippen LogP contribution < -0.4 is 5.32 Å². The summed E-state index contributed by atoms with van der Waals surface area (Å²) in [7, 11) is 0. The van der Waals surface area contributed by atoms with E-state index >= 15 is 0 Å². The molecule has 3 nitrogen and oxygen atoms in total. The maximum atomic E-state index is 11.1. The third kappa shape index (κ3) is 1.27. The average Bonchev–Trinajstić information content (AvgIpc) is 2.41. The van der Waals surface area contributed by atoms with Crippen LogP contribution in [-0.2, 0) is 9.59 Å². The summed E-state index contributed by atoms with van der Waals surface area (Å²) in [5.41, 5.74) is 0.745. The summed E-state index contributed by atoms with van der Waals surface area (Å²) >= 11 is 5.78. The van der Waals surface area contributed by atoms with Gasteiger partial charge in [-0.15, -0.1) is 0 Å². The molecular weight excluding hydrogens is 190 g/mol. The molecule has 0 spiro atoms. The molecule has 2 aliphatic rings. The van der Waals surface area contributed by atoms with E-state index in [4.69, 9.17) is 11.6 Å². The van der Waals surface area contributed by atoms with Gasteiger partial charge < -0.3 is 5.32 Å². The number of ketones is 2. The van der Waals surface area contributed by atoms with E-state index in [0.29, 0.717) is 12.8 Å². The first-order chi connectivity index (χ1) is 6.09. The lowest BCUT2D eigenvalue weighted by atomic mass is 9.79. The molecule has 0 aromatic rings. The van der Waals surface area contributed by atoms with E-state index in [9.17, 15) is 9.59 Å². The highest BCUT2D eigenvalue weighted by molar-refractivity contribution is 6.42. The van der Waals surface area contributed by atoms with E-state index in [-0.39, 0.29) is 28.6 Å². The average molecular weight is 200 g/mol. The van der Waals surface area contributed by atoms with E-state index in [2.05, 4.69) is 5.32 Å². The van der Waals surface area contributed by atoms with Crippen LogP contribution in [0.1, 0.15) is 19.8 Å². The van der Waals surface area contributed by atoms with Crippen LogP contribution in [0.3, 0.4) is 0 Å². The Bertz CT molecular complexity index is 322. The van der Waals surface area contributed by atoms with Crippen LogP contribution in [0.5, 0.6) is 0 Å². The predicted octanol–water partition coefficient (Wildman–Crippen LogP) is 0.977. The molecule has 2 atom stereocenters. The molecule has 4 heteroatoms. The van der Waals surface area contributed by atoms with Gasteiger partial charge in [-0.25, -0.2) is 0 Å². The zero-order chi connectivity index (χ0) is 9.59. The Balaban J connectivity index is 2.18. The number of Topliss-reactive ketones (excluding diaryl/α,β-unsaturated/α-hetero) is 2. The number of nitrogens with one attached hydrogen (secondary N) is 1. The lowest BCUT2D eigenvalue weighted by Gasteiger charge is -2.27. The van der Waals surface area contributed by atoms with Gasteiger partial charge in [-0.05, 0) is 0 Å². The number of carbonyl (C=O) groups is 2. The highest BCUT2D eigenvalue weighted by Crippen LogP contribution is 2.37. The van der Waals surface area contributed by atoms with Crippen LogP contribution >= 0.6 is 11.6 Å². The Morgan fingerprint density at radius 2 is 2.23 bits per heavy atom. The van der Waals surface area contributed by atoms with Crippen LogP contribution in [0.4, 0.5) is 0 Å². The molecule has 2 unspecified atom stereocenters. The zero-order valence-corrected chi connectivity index (χ0v) is 8.02. The van der Waals surface area contributed by atoms with Gasteiger partial charge in [0.1, 0.15) is 10.8 Å². The molecule has 0 aromatic carbocycles. The molecule has 0 bridgehead atoms. The molecule has 0 radical (unpaired) electrons. The molecule has 1 N–H and O–H groups in total. The van der Waals surface area contributed by atoms with E-state index < -0.39 is 0 Å². The Kier molecular flexibility index (Phi) is 1.91. The molecule has 0 amide bonds. The van der Waals surface area contributed by atoms with Gasteiger partial charge in [0.25, 0.3) is 0 Å². The summed E-state index contributed by atoms with van der Waals surface area (Å²) in [6, 6.07) is 0.232. The van der Waals surface area contributed by atoms with Crippen molar-refractivity contribution in [3.05, 3.63) is 10.7 Å². The molecule has 70 valence electrons. The highest BCUT2D eigenvalue weighted by atomic mass is 35.5. The highest BCUT2D eigenvalue weighted by Gasteiger charge is 2.45. The fourth-order valence-electron chi connectivity index (χ4n) is 1.85. The number of carbonyl (C=O) groups excluding carboxylic acids is 2. The molecule has 0 aromatic heterocycles. The number of halogens is 1. The lowest BCUT2D eigenvalue weighted by molar-refractivity contribution is -0.129. The summed E-state index contributed by atoms with van der Waals surface area (Å²) < 4.78 is 0. The normalized spacial score (nSPS) is 34.8. The fraction of sp³-hybridized carbons (Fsp3) is 0.556. The molecule has 1 saturated carbocycles. The van der Waals surface area contributed by atoms with Gasteiger partial charge in [-0.3, -0.25) is 9.59 Å². The van der Waals surface area contributed by atoms with Crippen molar-refractivity contribution < 1.29 is 9.59 Å². The number of allylic oxidation sites excluding steroid dienone is 2. The lowest BCUT2D eigenvalue weighted by Crippen LogP contribution is -2.43. The van der Waals surface area contributed by atoms with Crippen molar-refractivity contribution in [1.82, 2.24) is 5.32 Å². The smallest absolute Gasteiger partial charge is 0.172 e. The van der Waals surface area contributed by atoms with Crippen molar-refractivity contribution in [3.63, 3.8) is 0 Å². The maximum Gasteiger partial charge on any atom is 0.172 e. The predicted molar refractivity (Wildman–Crippen MR) is 48.2 cm³/mol. The Morgan fingerprint density at radius 3 is 2.69 bits per heavy atom. The van der Waals surface area contributed by atoms with Gasteiger partial charge in [0.05, 0.1) is 0 Å². The van der Waals surface area contributed by atoms with Gasteiger partial charge in [0.15, 0.2) is 5.78 Å². The number of rotatable bonds is 1. The van der Waals surface area contributed by atoms with E-state index in [1.165, 1.54) is 6.92 Å². The molecule has 1 aliphatic heterocycles. The SMILES string of the molecule is CC(=O)C(Cl)=C1CC2C(=O)CC2N1. The van der Waals surface area contributed by atoms with Crippen molar-refractivity contribution in [2.24, 2.45) is 5.92 Å². The van der Waals surface area contributed by atoms with E-state index in [1.54, 1.807) is 0 Å². The van der Waals surface area contributed by atoms with Crippen molar-refractivity contribution in [1.29, 1.82) is 0 Å². The van der Waals surface area contributed by atoms with Crippen molar-refractivity contribution in [2.45, 2.75) is 25.8 Å². The second-order valence-corrected chi connectivity index (χ2v) is 3.96. The topological polar surface area (TPSA) is 46.2 Å². The largest absolute Gasteiger partial charge is 0.383 e. The summed E-state index contributed by atoms with van der Waals surface area (Å²) in [5, 5.41) is 3.36. The molecule has 2 rings (SSSR count). The molecule has 2 fully saturated rings. The van der Waals surface area contributed by atoms with Crippen LogP contribution in [0.25, 0.3) is 0 Å². The number of hydrogen-bond acceptors (Lipinski definition) is 3. The van der Waals surface area contributed by atoms with Crippen molar-refractivity contribution >= 4 is 23.2 Å². The van der Waals surface area contributed by atoms with Crippen LogP contribution in [0, 0.1) is 5.92 Å². The van der Waals surface area contributed by atoms with Crippen molar-refractivity contribution in [2.75, 3.05) is 0 Å². The summed E-state index contributed by atoms with van der Waals surface area (Å²) in [6.45, 7) is 1.43. The number of fused-ring (bicyclic) bond motifs is 1. The molecule has 1 heterocycles. The summed E-state index contributed by atoms with van der Waals surface area (Å²) in [4.78, 5) is 22.0. The quantitative estimate of drug-likeness (QED) is 0.641. The molecular formula is C9H10ClNO2.